The molecule has 0 atom stereocenters. The highest BCUT2D eigenvalue weighted by atomic mass is 16.7. The van der Waals surface area contributed by atoms with E-state index in [1.807, 2.05) is 18.2 Å². The summed E-state index contributed by atoms with van der Waals surface area (Å²) in [5.41, 5.74) is 1.92. The molecule has 130 valence electrons. The molecule has 0 bridgehead atoms. The highest BCUT2D eigenvalue weighted by Crippen LogP contribution is 2.32. The molecule has 1 aliphatic rings. The first-order valence-corrected chi connectivity index (χ1v) is 7.86. The van der Waals surface area contributed by atoms with E-state index in [9.17, 15) is 9.59 Å². The third-order valence-corrected chi connectivity index (χ3v) is 3.54. The second-order valence-electron chi connectivity index (χ2n) is 5.29. The molecule has 0 saturated heterocycles. The lowest BCUT2D eigenvalue weighted by Gasteiger charge is -2.09. The summed E-state index contributed by atoms with van der Waals surface area (Å²) in [6.07, 6.45) is 0. The Kier molecular flexibility index (Phi) is 5.03. The van der Waals surface area contributed by atoms with Gasteiger partial charge in [-0.25, -0.2) is 9.59 Å². The lowest BCUT2D eigenvalue weighted by Crippen LogP contribution is -2.28. The van der Waals surface area contributed by atoms with E-state index in [0.717, 1.165) is 5.56 Å². The maximum atomic E-state index is 12.0. The number of hydrogen-bond acceptors (Lipinski definition) is 5. The van der Waals surface area contributed by atoms with Crippen LogP contribution in [0.3, 0.4) is 0 Å². The molecule has 0 fully saturated rings. The zero-order valence-electron chi connectivity index (χ0n) is 13.7. The zero-order chi connectivity index (χ0) is 17.6. The first-order chi connectivity index (χ1) is 12.2. The molecule has 0 aromatic heterocycles. The van der Waals surface area contributed by atoms with Gasteiger partial charge in [-0.15, -0.1) is 0 Å². The lowest BCUT2D eigenvalue weighted by atomic mass is 10.2. The fourth-order valence-corrected chi connectivity index (χ4v) is 2.31. The smallest absolute Gasteiger partial charge is 0.338 e. The number of esters is 1. The number of fused-ring (bicyclic) bond motifs is 1. The average Bonchev–Trinajstić information content (AvgIpc) is 3.08. The van der Waals surface area contributed by atoms with Crippen molar-refractivity contribution in [3.63, 3.8) is 0 Å². The fraction of sp³-hybridized carbons (Fsp3) is 0.222. The maximum absolute atomic E-state index is 12.0. The van der Waals surface area contributed by atoms with Crippen molar-refractivity contribution < 1.29 is 23.8 Å². The Morgan fingerprint density at radius 2 is 1.84 bits per heavy atom. The Labute approximate surface area is 144 Å². The molecular formula is C18H18N2O5. The van der Waals surface area contributed by atoms with Crippen molar-refractivity contribution in [3.8, 4) is 11.5 Å². The van der Waals surface area contributed by atoms with Crippen molar-refractivity contribution in [1.82, 2.24) is 5.32 Å². The summed E-state index contributed by atoms with van der Waals surface area (Å²) in [4.78, 5) is 23.5. The molecule has 1 aliphatic heterocycles. The molecule has 7 nitrogen and oxygen atoms in total. The Balaban J connectivity index is 1.51. The second kappa shape index (κ2) is 7.57. The largest absolute Gasteiger partial charge is 0.462 e. The number of carbonyl (C=O) groups is 2. The van der Waals surface area contributed by atoms with Crippen LogP contribution in [0.4, 0.5) is 10.5 Å². The van der Waals surface area contributed by atoms with Crippen molar-refractivity contribution in [2.24, 2.45) is 0 Å². The highest BCUT2D eigenvalue weighted by molar-refractivity contribution is 5.92. The molecule has 2 aromatic rings. The molecule has 2 amide bonds. The van der Waals surface area contributed by atoms with Crippen LogP contribution in [0.2, 0.25) is 0 Å². The van der Waals surface area contributed by atoms with Crippen LogP contribution in [0, 0.1) is 0 Å². The molecule has 0 radical (unpaired) electrons. The van der Waals surface area contributed by atoms with Gasteiger partial charge in [0.15, 0.2) is 11.5 Å². The number of anilines is 1. The second-order valence-corrected chi connectivity index (χ2v) is 5.29. The summed E-state index contributed by atoms with van der Waals surface area (Å²) >= 11 is 0. The number of nitrogens with one attached hydrogen (secondary N) is 2. The Bertz CT molecular complexity index is 774. The Hall–Kier alpha value is -3.22. The fourth-order valence-electron chi connectivity index (χ4n) is 2.31. The van der Waals surface area contributed by atoms with Crippen molar-refractivity contribution in [2.45, 2.75) is 13.5 Å². The van der Waals surface area contributed by atoms with Gasteiger partial charge in [-0.2, -0.15) is 0 Å². The summed E-state index contributed by atoms with van der Waals surface area (Å²) in [6.45, 7) is 2.64. The van der Waals surface area contributed by atoms with Gasteiger partial charge in [0.2, 0.25) is 6.79 Å². The van der Waals surface area contributed by atoms with Gasteiger partial charge < -0.3 is 24.8 Å². The Morgan fingerprint density at radius 3 is 2.60 bits per heavy atom. The normalized spacial score (nSPS) is 11.7. The molecule has 0 spiro atoms. The highest BCUT2D eigenvalue weighted by Gasteiger charge is 2.13. The van der Waals surface area contributed by atoms with E-state index >= 15 is 0 Å². The van der Waals surface area contributed by atoms with Gasteiger partial charge in [0, 0.05) is 12.2 Å². The SMILES string of the molecule is CCOC(=O)c1ccc(NC(=O)NCc2ccc3c(c2)OCO3)cc1. The minimum absolute atomic E-state index is 0.217. The zero-order valence-corrected chi connectivity index (χ0v) is 13.7. The van der Waals surface area contributed by atoms with E-state index < -0.39 is 0 Å². The number of benzene rings is 2. The molecule has 3 rings (SSSR count). The summed E-state index contributed by atoms with van der Waals surface area (Å²) in [5, 5.41) is 5.46. The average molecular weight is 342 g/mol. The summed E-state index contributed by atoms with van der Waals surface area (Å²) in [7, 11) is 0. The number of hydrogen-bond donors (Lipinski definition) is 2. The number of rotatable bonds is 5. The number of carbonyl (C=O) groups excluding carboxylic acids is 2. The van der Waals surface area contributed by atoms with Crippen LogP contribution in [0.5, 0.6) is 11.5 Å². The quantitative estimate of drug-likeness (QED) is 0.816. The van der Waals surface area contributed by atoms with Crippen LogP contribution >= 0.6 is 0 Å². The van der Waals surface area contributed by atoms with Crippen LogP contribution in [-0.2, 0) is 11.3 Å². The molecule has 2 N–H and O–H groups in total. The first kappa shape index (κ1) is 16.6. The molecule has 0 saturated carbocycles. The number of ether oxygens (including phenoxy) is 3. The van der Waals surface area contributed by atoms with Gasteiger partial charge in [-0.05, 0) is 48.9 Å². The van der Waals surface area contributed by atoms with E-state index in [0.29, 0.717) is 35.9 Å². The van der Waals surface area contributed by atoms with Crippen LogP contribution in [0.25, 0.3) is 0 Å². The molecular weight excluding hydrogens is 324 g/mol. The van der Waals surface area contributed by atoms with E-state index in [2.05, 4.69) is 10.6 Å². The van der Waals surface area contributed by atoms with E-state index in [1.165, 1.54) is 0 Å². The van der Waals surface area contributed by atoms with E-state index in [4.69, 9.17) is 14.2 Å². The third-order valence-electron chi connectivity index (χ3n) is 3.54. The monoisotopic (exact) mass is 342 g/mol. The molecule has 0 aliphatic carbocycles. The maximum Gasteiger partial charge on any atom is 0.338 e. The van der Waals surface area contributed by atoms with Crippen molar-refractivity contribution in [2.75, 3.05) is 18.7 Å². The lowest BCUT2D eigenvalue weighted by molar-refractivity contribution is 0.0526. The molecule has 0 unspecified atom stereocenters. The van der Waals surface area contributed by atoms with E-state index in [-0.39, 0.29) is 18.8 Å². The van der Waals surface area contributed by atoms with Crippen LogP contribution < -0.4 is 20.1 Å². The van der Waals surface area contributed by atoms with Gasteiger partial charge in [0.1, 0.15) is 0 Å². The standard InChI is InChI=1S/C18H18N2O5/c1-2-23-17(21)13-4-6-14(7-5-13)20-18(22)19-10-12-3-8-15-16(9-12)25-11-24-15/h3-9H,2,10-11H2,1H3,(H2,19,20,22). The molecule has 2 aromatic carbocycles. The van der Waals surface area contributed by atoms with Crippen molar-refractivity contribution >= 4 is 17.7 Å². The van der Waals surface area contributed by atoms with Gasteiger partial charge >= 0.3 is 12.0 Å². The van der Waals surface area contributed by atoms with E-state index in [1.54, 1.807) is 31.2 Å². The van der Waals surface area contributed by atoms with Crippen LogP contribution in [0.1, 0.15) is 22.8 Å². The summed E-state index contributed by atoms with van der Waals surface area (Å²) < 4.78 is 15.5. The number of urea groups is 1. The minimum atomic E-state index is -0.388. The molecule has 25 heavy (non-hydrogen) atoms. The molecule has 7 heteroatoms. The Morgan fingerprint density at radius 1 is 1.08 bits per heavy atom. The first-order valence-electron chi connectivity index (χ1n) is 7.86. The predicted octanol–water partition coefficient (Wildman–Crippen LogP) is 2.91. The minimum Gasteiger partial charge on any atom is -0.462 e. The van der Waals surface area contributed by atoms with Crippen LogP contribution in [-0.4, -0.2) is 25.4 Å². The topological polar surface area (TPSA) is 85.9 Å². The number of amides is 2. The van der Waals surface area contributed by atoms with Gasteiger partial charge in [0.25, 0.3) is 0 Å². The van der Waals surface area contributed by atoms with Crippen molar-refractivity contribution in [1.29, 1.82) is 0 Å². The van der Waals surface area contributed by atoms with Crippen molar-refractivity contribution in [3.05, 3.63) is 53.6 Å². The van der Waals surface area contributed by atoms with Crippen LogP contribution in [0.15, 0.2) is 42.5 Å². The third kappa shape index (κ3) is 4.20. The summed E-state index contributed by atoms with van der Waals surface area (Å²) in [6, 6.07) is 11.7. The predicted molar refractivity (Wildman–Crippen MR) is 90.8 cm³/mol. The van der Waals surface area contributed by atoms with Gasteiger partial charge in [0.05, 0.1) is 12.2 Å². The van der Waals surface area contributed by atoms with Gasteiger partial charge in [-0.3, -0.25) is 0 Å². The molecule has 1 heterocycles. The summed E-state index contributed by atoms with van der Waals surface area (Å²) in [5.74, 6) is 0.991. The van der Waals surface area contributed by atoms with Gasteiger partial charge in [-0.1, -0.05) is 6.07 Å².